The Kier molecular flexibility index (Phi) is 12.5. The number of hydrogen-bond acceptors (Lipinski definition) is 6. The van der Waals surface area contributed by atoms with Gasteiger partial charge in [0, 0.05) is 11.6 Å². The second-order valence-corrected chi connectivity index (χ2v) is 8.93. The average Bonchev–Trinajstić information content (AvgIpc) is 2.80. The molecule has 1 aliphatic rings. The van der Waals surface area contributed by atoms with E-state index in [2.05, 4.69) is 31.2 Å². The van der Waals surface area contributed by atoms with Crippen molar-refractivity contribution < 1.29 is 35.7 Å². The van der Waals surface area contributed by atoms with Crippen molar-refractivity contribution >= 4 is 11.6 Å². The van der Waals surface area contributed by atoms with Crippen LogP contribution in [-0.2, 0) is 17.6 Å². The van der Waals surface area contributed by atoms with E-state index < -0.39 is 37.1 Å². The fraction of sp³-hybridized carbons (Fsp3) is 0.520. The number of aliphatic hydroxyl groups is 5. The van der Waals surface area contributed by atoms with Crippen LogP contribution in [0.1, 0.15) is 49.1 Å². The second-order valence-electron chi connectivity index (χ2n) is 8.52. The molecule has 0 unspecified atom stereocenters. The lowest BCUT2D eigenvalue weighted by atomic mass is 9.90. The molecule has 0 aromatic heterocycles. The molecule has 7 N–H and O–H groups in total. The highest BCUT2D eigenvalue weighted by Crippen LogP contribution is 2.34. The van der Waals surface area contributed by atoms with Gasteiger partial charge in [-0.25, -0.2) is 0 Å². The highest BCUT2D eigenvalue weighted by atomic mass is 35.5. The van der Waals surface area contributed by atoms with Crippen LogP contribution < -0.4 is 0 Å². The lowest BCUT2D eigenvalue weighted by Crippen LogP contribution is -2.55. The molecule has 1 fully saturated rings. The van der Waals surface area contributed by atoms with Crippen LogP contribution in [0, 0.1) is 5.92 Å². The molecular weight excluding hydrogens is 448 g/mol. The van der Waals surface area contributed by atoms with Crippen molar-refractivity contribution in [3.63, 3.8) is 0 Å². The van der Waals surface area contributed by atoms with Crippen molar-refractivity contribution in [1.82, 2.24) is 0 Å². The van der Waals surface area contributed by atoms with Gasteiger partial charge in [-0.3, -0.25) is 0 Å². The highest BCUT2D eigenvalue weighted by molar-refractivity contribution is 6.31. The molecule has 0 bridgehead atoms. The number of aryl methyl sites for hydroxylation is 1. The molecule has 1 saturated heterocycles. The zero-order valence-electron chi connectivity index (χ0n) is 19.4. The molecule has 2 aromatic carbocycles. The Labute approximate surface area is 200 Å². The lowest BCUT2D eigenvalue weighted by molar-refractivity contribution is -0.231. The summed E-state index contributed by atoms with van der Waals surface area (Å²) in [6.45, 7) is 5.90. The van der Waals surface area contributed by atoms with Crippen LogP contribution in [0.2, 0.25) is 5.02 Å². The Morgan fingerprint density at radius 2 is 1.48 bits per heavy atom. The third-order valence-electron chi connectivity index (χ3n) is 5.48. The first-order valence-corrected chi connectivity index (χ1v) is 11.4. The summed E-state index contributed by atoms with van der Waals surface area (Å²) in [6.07, 6.45) is -4.28. The molecule has 0 saturated carbocycles. The lowest BCUT2D eigenvalue weighted by Gasteiger charge is -2.40. The molecular formula is C25H37ClO7. The molecule has 1 aliphatic heterocycles. The van der Waals surface area contributed by atoms with Crippen LogP contribution in [0.5, 0.6) is 0 Å². The minimum absolute atomic E-state index is 0. The van der Waals surface area contributed by atoms with Crippen molar-refractivity contribution in [3.05, 3.63) is 69.7 Å². The van der Waals surface area contributed by atoms with Gasteiger partial charge in [-0.05, 0) is 47.1 Å². The van der Waals surface area contributed by atoms with E-state index in [4.69, 9.17) is 21.4 Å². The molecule has 2 aromatic rings. The second kappa shape index (κ2) is 14.0. The van der Waals surface area contributed by atoms with E-state index in [-0.39, 0.29) is 5.48 Å². The summed E-state index contributed by atoms with van der Waals surface area (Å²) >= 11 is 6.36. The topological polar surface area (TPSA) is 142 Å². The van der Waals surface area contributed by atoms with Crippen LogP contribution in [0.15, 0.2) is 42.5 Å². The smallest absolute Gasteiger partial charge is 0.113 e. The summed E-state index contributed by atoms with van der Waals surface area (Å²) in [5.74, 6) is 0.440. The molecule has 186 valence electrons. The Morgan fingerprint density at radius 1 is 0.909 bits per heavy atom. The molecule has 8 heteroatoms. The van der Waals surface area contributed by atoms with E-state index in [1.807, 2.05) is 19.9 Å². The van der Waals surface area contributed by atoms with Crippen molar-refractivity contribution in [1.29, 1.82) is 0 Å². The van der Waals surface area contributed by atoms with Crippen molar-refractivity contribution in [2.24, 2.45) is 5.92 Å². The normalized spacial score (nSPS) is 24.6. The average molecular weight is 485 g/mol. The third kappa shape index (κ3) is 8.02. The predicted octanol–water partition coefficient (Wildman–Crippen LogP) is 1.82. The van der Waals surface area contributed by atoms with Gasteiger partial charge >= 0.3 is 0 Å². The minimum Gasteiger partial charge on any atom is -0.412 e. The fourth-order valence-corrected chi connectivity index (χ4v) is 3.58. The number of ether oxygens (including phenoxy) is 1. The largest absolute Gasteiger partial charge is 0.412 e. The van der Waals surface area contributed by atoms with E-state index in [9.17, 15) is 20.4 Å². The summed E-state index contributed by atoms with van der Waals surface area (Å²) in [4.78, 5) is 0. The molecule has 0 radical (unpaired) electrons. The molecule has 0 amide bonds. The molecule has 5 atom stereocenters. The minimum atomic E-state index is -1.40. The molecule has 3 rings (SSSR count). The van der Waals surface area contributed by atoms with Gasteiger partial charge in [0.1, 0.15) is 30.5 Å². The van der Waals surface area contributed by atoms with E-state index >= 15 is 0 Å². The van der Waals surface area contributed by atoms with Crippen molar-refractivity contribution in [2.45, 2.75) is 64.1 Å². The van der Waals surface area contributed by atoms with Gasteiger partial charge in [-0.1, -0.05) is 68.8 Å². The van der Waals surface area contributed by atoms with Gasteiger partial charge in [0.15, 0.2) is 0 Å². The monoisotopic (exact) mass is 484 g/mol. The zero-order valence-corrected chi connectivity index (χ0v) is 20.1. The number of halogens is 1. The molecule has 7 nitrogen and oxygen atoms in total. The van der Waals surface area contributed by atoms with Gasteiger partial charge in [0.25, 0.3) is 0 Å². The fourth-order valence-electron chi connectivity index (χ4n) is 3.40. The summed E-state index contributed by atoms with van der Waals surface area (Å²) in [6, 6.07) is 13.6. The summed E-state index contributed by atoms with van der Waals surface area (Å²) < 4.78 is 5.64. The number of hydrogen-bond donors (Lipinski definition) is 5. The Morgan fingerprint density at radius 3 is 2.00 bits per heavy atom. The van der Waals surface area contributed by atoms with E-state index in [1.54, 1.807) is 12.1 Å². The maximum Gasteiger partial charge on any atom is 0.113 e. The van der Waals surface area contributed by atoms with E-state index in [1.165, 1.54) is 5.56 Å². The Balaban J connectivity index is 0.000000821. The number of benzene rings is 2. The van der Waals surface area contributed by atoms with Crippen LogP contribution in [0.3, 0.4) is 0 Å². The van der Waals surface area contributed by atoms with E-state index in [0.717, 1.165) is 17.5 Å². The quantitative estimate of drug-likeness (QED) is 0.423. The third-order valence-corrected chi connectivity index (χ3v) is 5.85. The standard InChI is InChI=1S/C21H25ClO5.C4H10O.H2O/c1-2-12-3-5-13(6-4-12)9-15-10-14(7-8-16(15)22)21-20(26)19(25)18(24)17(11-23)27-21;1-4(2)3-5;/h3-8,10,17-21,23-26H,2,9,11H2,1H3;4-5H,3H2,1-2H3;1H2/t17-,18-,19+,20-,21+;;/m1../s1. The van der Waals surface area contributed by atoms with E-state index in [0.29, 0.717) is 29.5 Å². The summed E-state index contributed by atoms with van der Waals surface area (Å²) in [5, 5.41) is 48.4. The predicted molar refractivity (Wildman–Crippen MR) is 128 cm³/mol. The maximum absolute atomic E-state index is 10.3. The zero-order chi connectivity index (χ0) is 23.8. The number of aliphatic hydroxyl groups excluding tert-OH is 5. The van der Waals surface area contributed by atoms with Gasteiger partial charge in [-0.2, -0.15) is 0 Å². The summed E-state index contributed by atoms with van der Waals surface area (Å²) in [5.41, 5.74) is 3.88. The number of rotatable bonds is 6. The van der Waals surface area contributed by atoms with Gasteiger partial charge in [0.05, 0.1) is 6.61 Å². The summed E-state index contributed by atoms with van der Waals surface area (Å²) in [7, 11) is 0. The van der Waals surface area contributed by atoms with Crippen LogP contribution in [0.25, 0.3) is 0 Å². The molecule has 33 heavy (non-hydrogen) atoms. The maximum atomic E-state index is 10.3. The molecule has 0 spiro atoms. The first-order chi connectivity index (χ1) is 15.2. The Hall–Kier alpha value is -1.55. The van der Waals surface area contributed by atoms with Gasteiger partial charge in [0.2, 0.25) is 0 Å². The SMILES string of the molecule is CC(C)CO.CCc1ccc(Cc2cc([C@@H]3O[C@H](CO)[C@@H](O)[C@H](O)[C@H]3O)ccc2Cl)cc1.O. The molecule has 0 aliphatic carbocycles. The van der Waals surface area contributed by atoms with Gasteiger partial charge < -0.3 is 35.7 Å². The first kappa shape index (κ1) is 29.5. The molecule has 1 heterocycles. The van der Waals surface area contributed by atoms with Crippen LogP contribution >= 0.6 is 11.6 Å². The van der Waals surface area contributed by atoms with Gasteiger partial charge in [-0.15, -0.1) is 0 Å². The van der Waals surface area contributed by atoms with Crippen molar-refractivity contribution in [2.75, 3.05) is 13.2 Å². The highest BCUT2D eigenvalue weighted by Gasteiger charge is 2.43. The first-order valence-electron chi connectivity index (χ1n) is 11.0. The van der Waals surface area contributed by atoms with Crippen LogP contribution in [0.4, 0.5) is 0 Å². The van der Waals surface area contributed by atoms with Crippen molar-refractivity contribution in [3.8, 4) is 0 Å². The Bertz CT molecular complexity index is 826. The van der Waals surface area contributed by atoms with Crippen LogP contribution in [-0.4, -0.2) is 68.6 Å².